The van der Waals surface area contributed by atoms with Gasteiger partial charge in [-0.05, 0) is 0 Å². The first-order valence-corrected chi connectivity index (χ1v) is 19.7. The van der Waals surface area contributed by atoms with Crippen LogP contribution in [0.25, 0.3) is 0 Å². The Hall–Kier alpha value is 2.14. The van der Waals surface area contributed by atoms with E-state index in [1.54, 1.807) is 0 Å². The predicted octanol–water partition coefficient (Wildman–Crippen LogP) is -0.589. The third-order valence-electron chi connectivity index (χ3n) is 0. The van der Waals surface area contributed by atoms with Gasteiger partial charge in [-0.25, -0.2) is 0 Å². The number of hydrogen-bond acceptors (Lipinski definition) is 0. The number of rotatable bonds is 0. The zero-order valence-corrected chi connectivity index (χ0v) is 12.7. The Kier molecular flexibility index (Phi) is 29.2. The van der Waals surface area contributed by atoms with E-state index in [2.05, 4.69) is 0 Å². The second kappa shape index (κ2) is 8.31. The molecule has 12 N–H and O–H groups in total. The minimum absolute atomic E-state index is 0. The molecule has 0 atom stereocenters. The molecule has 13 heteroatoms. The molecule has 0 saturated heterocycles. The van der Waals surface area contributed by atoms with Gasteiger partial charge in [0, 0.05) is 0 Å². The summed E-state index contributed by atoms with van der Waals surface area (Å²) in [5.41, 5.74) is 0. The predicted molar refractivity (Wildman–Crippen MR) is 59.0 cm³/mol. The summed E-state index contributed by atoms with van der Waals surface area (Å²) >= 11 is 0. The van der Waals surface area contributed by atoms with E-state index in [0.29, 0.717) is 0 Å². The molecular formula is H14Cl6O6Os. The molecule has 0 aromatic heterocycles. The van der Waals surface area contributed by atoms with E-state index in [-0.39, 0.29) is 35.7 Å². The first-order valence-electron chi connectivity index (χ1n) is 0.802. The van der Waals surface area contributed by atoms with Crippen molar-refractivity contribution >= 4 is 57.8 Å². The van der Waals surface area contributed by atoms with E-state index in [0.717, 1.165) is 0 Å². The summed E-state index contributed by atoms with van der Waals surface area (Å²) in [5, 5.41) is 0. The topological polar surface area (TPSA) is 189 Å². The zero-order valence-electron chi connectivity index (χ0n) is 7.62. The van der Waals surface area contributed by atoms with Crippen LogP contribution < -0.4 is 0 Å². The van der Waals surface area contributed by atoms with E-state index in [1.165, 1.54) is 0 Å². The normalized spacial score (nSPS) is 12.5. The van der Waals surface area contributed by atoms with Gasteiger partial charge in [0.1, 0.15) is 0 Å². The summed E-state index contributed by atoms with van der Waals surface area (Å²) in [6, 6.07) is 0. The van der Waals surface area contributed by atoms with Gasteiger partial charge in [-0.1, -0.05) is 0 Å². The fraction of sp³-hybridized carbons (Fsp3) is 0. The van der Waals surface area contributed by atoms with Crippen molar-refractivity contribution in [1.82, 2.24) is 0 Å². The van der Waals surface area contributed by atoms with Gasteiger partial charge in [-0.2, -0.15) is 0 Å². The van der Waals surface area contributed by atoms with E-state index in [4.69, 9.17) is 57.8 Å². The summed E-state index contributed by atoms with van der Waals surface area (Å²) in [7, 11) is 30.4. The maximum Gasteiger partial charge on any atom is 1.00 e. The van der Waals surface area contributed by atoms with Crippen LogP contribution in [0.15, 0.2) is 0 Å². The summed E-state index contributed by atoms with van der Waals surface area (Å²) in [5.74, 6) is 0. The molecule has 0 amide bonds. The molecule has 0 aliphatic heterocycles. The van der Waals surface area contributed by atoms with Crippen LogP contribution in [0.3, 0.4) is 0 Å². The molecule has 0 aromatic carbocycles. The monoisotopic (exact) mass is 512 g/mol. The number of halogens is 6. The van der Waals surface area contributed by atoms with Gasteiger partial charge < -0.3 is 32.9 Å². The van der Waals surface area contributed by atoms with Gasteiger partial charge in [0.15, 0.2) is 0 Å². The quantitative estimate of drug-likeness (QED) is 0.401. The molecule has 0 radical (unpaired) electrons. The molecule has 0 bridgehead atoms. The average Bonchev–Trinajstić information content (AvgIpc) is 0.592. The van der Waals surface area contributed by atoms with Crippen molar-refractivity contribution in [2.75, 3.05) is 0 Å². The van der Waals surface area contributed by atoms with Crippen molar-refractivity contribution in [3.8, 4) is 0 Å². The van der Waals surface area contributed by atoms with Gasteiger partial charge in [0.25, 0.3) is 0 Å². The van der Waals surface area contributed by atoms with Crippen LogP contribution in [0.5, 0.6) is 0 Å². The third kappa shape index (κ3) is 456. The first-order chi connectivity index (χ1) is 2.45. The smallest absolute Gasteiger partial charge is 1.00 e. The minimum atomic E-state index is -5.38. The van der Waals surface area contributed by atoms with Crippen molar-refractivity contribution in [1.29, 1.82) is 0 Å². The Morgan fingerprint density at radius 2 is 0.462 bits per heavy atom. The summed E-state index contributed by atoms with van der Waals surface area (Å²) < 4.78 is 0. The third-order valence-corrected chi connectivity index (χ3v) is 0. The molecule has 0 heterocycles. The first kappa shape index (κ1) is 45.7. The molecule has 6 nitrogen and oxygen atoms in total. The fourth-order valence-corrected chi connectivity index (χ4v) is 0. The van der Waals surface area contributed by atoms with E-state index >= 15 is 0 Å². The van der Waals surface area contributed by atoms with Crippen LogP contribution in [0.2, 0.25) is 0 Å². The maximum absolute atomic E-state index is 5.38. The second-order valence-electron chi connectivity index (χ2n) is 0.758. The summed E-state index contributed by atoms with van der Waals surface area (Å²) in [4.78, 5) is 0. The molecule has 0 aliphatic carbocycles. The van der Waals surface area contributed by atoms with E-state index < -0.39 is 6.64 Å². The van der Waals surface area contributed by atoms with Crippen molar-refractivity contribution in [3.63, 3.8) is 0 Å². The molecule has 0 fully saturated rings. The Bertz CT molecular complexity index is 84.2. The fourth-order valence-electron chi connectivity index (χ4n) is 0. The second-order valence-corrected chi connectivity index (χ2v) is 55.8. The van der Waals surface area contributed by atoms with Crippen LogP contribution in [0.1, 0.15) is 2.85 Å². The molecular weight excluding hydrogens is 499 g/mol. The molecule has 0 aromatic rings. The minimum Gasteiger partial charge on any atom is 1.00 e. The van der Waals surface area contributed by atoms with Gasteiger partial charge in [-0.15, -0.1) is 0 Å². The van der Waals surface area contributed by atoms with Crippen LogP contribution in [0.4, 0.5) is 0 Å². The molecule has 0 unspecified atom stereocenters. The van der Waals surface area contributed by atoms with Crippen LogP contribution in [0, 0.1) is 0 Å². The van der Waals surface area contributed by atoms with Gasteiger partial charge in [0.05, 0.1) is 0 Å². The van der Waals surface area contributed by atoms with Crippen molar-refractivity contribution in [2.24, 2.45) is 0 Å². The Morgan fingerprint density at radius 1 is 0.462 bits per heavy atom. The molecule has 100 valence electrons. The Balaban J connectivity index is -0.00000000643. The Morgan fingerprint density at radius 3 is 0.462 bits per heavy atom. The van der Waals surface area contributed by atoms with Crippen LogP contribution >= 0.6 is 57.8 Å². The molecule has 0 rings (SSSR count). The molecule has 13 heavy (non-hydrogen) atoms. The van der Waals surface area contributed by atoms with Crippen LogP contribution in [-0.2, 0) is 6.64 Å². The Labute approximate surface area is 99.6 Å². The van der Waals surface area contributed by atoms with Gasteiger partial charge >= 0.3 is 67.3 Å². The largest absolute Gasteiger partial charge is 1.00 e. The zero-order chi connectivity index (χ0) is 6.41. The van der Waals surface area contributed by atoms with Crippen molar-refractivity contribution in [3.05, 3.63) is 0 Å². The molecule has 0 saturated carbocycles. The van der Waals surface area contributed by atoms with E-state index in [9.17, 15) is 0 Å². The standard InChI is InChI=1S/6ClH.6H2O.Os/h6*1H;6*1H2;/q;;;;;;;;;;;;+4/p-4. The van der Waals surface area contributed by atoms with Crippen LogP contribution in [-0.4, -0.2) is 32.9 Å². The molecule has 0 aliphatic rings. The average molecular weight is 513 g/mol. The number of hydrogen-bond donors (Lipinski definition) is 0. The molecule has 0 spiro atoms. The van der Waals surface area contributed by atoms with E-state index in [1.807, 2.05) is 0 Å². The SMILES string of the molecule is O.O.O.O.O.O.[Cl][Os-2]([Cl])([Cl])([Cl])([Cl])[Cl].[H+].[H+]. The van der Waals surface area contributed by atoms with Gasteiger partial charge in [0.2, 0.25) is 0 Å². The van der Waals surface area contributed by atoms with Crippen molar-refractivity contribution < 1.29 is 42.4 Å². The summed E-state index contributed by atoms with van der Waals surface area (Å²) in [6.45, 7) is -5.38. The maximum atomic E-state index is 5.06. The summed E-state index contributed by atoms with van der Waals surface area (Å²) in [6.07, 6.45) is 0. The van der Waals surface area contributed by atoms with Gasteiger partial charge in [-0.3, -0.25) is 0 Å². The van der Waals surface area contributed by atoms with Crippen molar-refractivity contribution in [2.45, 2.75) is 0 Å².